The van der Waals surface area contributed by atoms with E-state index >= 15 is 0 Å². The molecule has 4 heteroatoms. The van der Waals surface area contributed by atoms with E-state index < -0.39 is 5.60 Å². The number of nitrogens with zero attached hydrogens (tertiary/aromatic N) is 1. The molecule has 3 N–H and O–H groups in total. The number of carbonyl (C=O) groups is 1. The molecule has 4 nitrogen and oxygen atoms in total. The van der Waals surface area contributed by atoms with Crippen LogP contribution in [0.5, 0.6) is 0 Å². The van der Waals surface area contributed by atoms with Gasteiger partial charge in [-0.25, -0.2) is 0 Å². The van der Waals surface area contributed by atoms with Crippen LogP contribution in [0.25, 0.3) is 0 Å². The van der Waals surface area contributed by atoms with E-state index in [0.29, 0.717) is 19.5 Å². The highest BCUT2D eigenvalue weighted by atomic mass is 16.3. The van der Waals surface area contributed by atoms with Crippen molar-refractivity contribution in [1.29, 1.82) is 0 Å². The van der Waals surface area contributed by atoms with Crippen molar-refractivity contribution in [1.82, 2.24) is 4.90 Å². The summed E-state index contributed by atoms with van der Waals surface area (Å²) < 4.78 is 0. The summed E-state index contributed by atoms with van der Waals surface area (Å²) >= 11 is 0. The normalized spacial score (nSPS) is 30.3. The Kier molecular flexibility index (Phi) is 3.27. The summed E-state index contributed by atoms with van der Waals surface area (Å²) in [5.41, 5.74) is 4.46. The van der Waals surface area contributed by atoms with Gasteiger partial charge in [-0.3, -0.25) is 9.69 Å². The standard InChI is InChI=1S/C9H18N2O2/c1-9(13)4-2-5-11(7-9)6-3-8(10)12/h13H,2-7H2,1H3,(H2,10,12). The van der Waals surface area contributed by atoms with Crippen molar-refractivity contribution in [2.24, 2.45) is 5.73 Å². The minimum absolute atomic E-state index is 0.273. The van der Waals surface area contributed by atoms with Crippen molar-refractivity contribution < 1.29 is 9.90 Å². The summed E-state index contributed by atoms with van der Waals surface area (Å²) in [4.78, 5) is 12.6. The van der Waals surface area contributed by atoms with Gasteiger partial charge in [0.1, 0.15) is 0 Å². The number of β-amino-alcohol motifs (C(OH)–C–C–N with tert-alkyl or cyclic N) is 1. The lowest BCUT2D eigenvalue weighted by Gasteiger charge is -2.36. The summed E-state index contributed by atoms with van der Waals surface area (Å²) in [6, 6.07) is 0. The number of hydrogen-bond acceptors (Lipinski definition) is 3. The zero-order chi connectivity index (χ0) is 9.90. The molecule has 1 aliphatic heterocycles. The molecule has 1 fully saturated rings. The van der Waals surface area contributed by atoms with Gasteiger partial charge in [0, 0.05) is 19.5 Å². The second-order valence-corrected chi connectivity index (χ2v) is 4.09. The predicted octanol–water partition coefficient (Wildman–Crippen LogP) is -0.291. The molecular weight excluding hydrogens is 168 g/mol. The Morgan fingerprint density at radius 1 is 1.69 bits per heavy atom. The number of hydrogen-bond donors (Lipinski definition) is 2. The Morgan fingerprint density at radius 2 is 2.38 bits per heavy atom. The fraction of sp³-hybridized carbons (Fsp3) is 0.889. The van der Waals surface area contributed by atoms with Crippen LogP contribution < -0.4 is 5.73 Å². The molecule has 0 aromatic heterocycles. The molecule has 0 radical (unpaired) electrons. The lowest BCUT2D eigenvalue weighted by molar-refractivity contribution is -0.118. The monoisotopic (exact) mass is 186 g/mol. The Bertz CT molecular complexity index is 192. The predicted molar refractivity (Wildman–Crippen MR) is 50.1 cm³/mol. The van der Waals surface area contributed by atoms with Crippen LogP contribution >= 0.6 is 0 Å². The van der Waals surface area contributed by atoms with Gasteiger partial charge >= 0.3 is 0 Å². The fourth-order valence-corrected chi connectivity index (χ4v) is 1.78. The second kappa shape index (κ2) is 4.07. The first kappa shape index (κ1) is 10.5. The summed E-state index contributed by atoms with van der Waals surface area (Å²) in [6.07, 6.45) is 2.22. The maximum Gasteiger partial charge on any atom is 0.218 e. The molecule has 0 aromatic rings. The molecule has 76 valence electrons. The third-order valence-electron chi connectivity index (χ3n) is 2.43. The van der Waals surface area contributed by atoms with Crippen molar-refractivity contribution in [2.75, 3.05) is 19.6 Å². The molecule has 1 unspecified atom stereocenters. The average molecular weight is 186 g/mol. The zero-order valence-electron chi connectivity index (χ0n) is 8.12. The van der Waals surface area contributed by atoms with E-state index in [1.807, 2.05) is 6.92 Å². The van der Waals surface area contributed by atoms with E-state index in [9.17, 15) is 9.90 Å². The lowest BCUT2D eigenvalue weighted by Crippen LogP contribution is -2.46. The first-order chi connectivity index (χ1) is 5.99. The van der Waals surface area contributed by atoms with Gasteiger partial charge in [-0.15, -0.1) is 0 Å². The average Bonchev–Trinajstić information content (AvgIpc) is 1.99. The second-order valence-electron chi connectivity index (χ2n) is 4.09. The van der Waals surface area contributed by atoms with Crippen molar-refractivity contribution in [3.8, 4) is 0 Å². The number of aliphatic hydroxyl groups is 1. The van der Waals surface area contributed by atoms with Crippen LogP contribution in [-0.2, 0) is 4.79 Å². The third kappa shape index (κ3) is 3.74. The number of likely N-dealkylation sites (tertiary alicyclic amines) is 1. The lowest BCUT2D eigenvalue weighted by atomic mass is 9.95. The van der Waals surface area contributed by atoms with E-state index in [0.717, 1.165) is 19.4 Å². The number of carbonyl (C=O) groups excluding carboxylic acids is 1. The number of nitrogens with two attached hydrogens (primary N) is 1. The van der Waals surface area contributed by atoms with Crippen molar-refractivity contribution >= 4 is 5.91 Å². The summed E-state index contributed by atoms with van der Waals surface area (Å²) in [6.45, 7) is 4.12. The van der Waals surface area contributed by atoms with Gasteiger partial charge in [-0.2, -0.15) is 0 Å². The Hall–Kier alpha value is -0.610. The molecule has 0 spiro atoms. The Labute approximate surface area is 78.7 Å². The van der Waals surface area contributed by atoms with Gasteiger partial charge in [0.15, 0.2) is 0 Å². The fourth-order valence-electron chi connectivity index (χ4n) is 1.78. The molecule has 0 aromatic carbocycles. The molecule has 0 bridgehead atoms. The number of rotatable bonds is 3. The van der Waals surface area contributed by atoms with Crippen LogP contribution in [-0.4, -0.2) is 41.1 Å². The minimum atomic E-state index is -0.587. The zero-order valence-corrected chi connectivity index (χ0v) is 8.12. The molecule has 0 saturated carbocycles. The number of piperidine rings is 1. The Morgan fingerprint density at radius 3 is 2.92 bits per heavy atom. The van der Waals surface area contributed by atoms with Crippen LogP contribution in [0.2, 0.25) is 0 Å². The molecule has 1 atom stereocenters. The van der Waals surface area contributed by atoms with Gasteiger partial charge < -0.3 is 10.8 Å². The molecule has 1 aliphatic rings. The summed E-state index contributed by atoms with van der Waals surface area (Å²) in [7, 11) is 0. The maximum absolute atomic E-state index is 10.5. The van der Waals surface area contributed by atoms with E-state index in [2.05, 4.69) is 4.90 Å². The van der Waals surface area contributed by atoms with Crippen molar-refractivity contribution in [3.05, 3.63) is 0 Å². The van der Waals surface area contributed by atoms with Gasteiger partial charge in [0.05, 0.1) is 5.60 Å². The van der Waals surface area contributed by atoms with Gasteiger partial charge in [-0.05, 0) is 26.3 Å². The molecular formula is C9H18N2O2. The third-order valence-corrected chi connectivity index (χ3v) is 2.43. The number of primary amides is 1. The first-order valence-corrected chi connectivity index (χ1v) is 4.73. The van der Waals surface area contributed by atoms with Crippen LogP contribution in [0.4, 0.5) is 0 Å². The van der Waals surface area contributed by atoms with Crippen LogP contribution in [0.3, 0.4) is 0 Å². The van der Waals surface area contributed by atoms with Gasteiger partial charge in [0.25, 0.3) is 0 Å². The SMILES string of the molecule is CC1(O)CCCN(CCC(N)=O)C1. The largest absolute Gasteiger partial charge is 0.389 e. The van der Waals surface area contributed by atoms with Crippen LogP contribution in [0, 0.1) is 0 Å². The molecule has 1 amide bonds. The van der Waals surface area contributed by atoms with Crippen LogP contribution in [0.15, 0.2) is 0 Å². The first-order valence-electron chi connectivity index (χ1n) is 4.73. The highest BCUT2D eigenvalue weighted by Gasteiger charge is 2.27. The molecule has 1 rings (SSSR count). The smallest absolute Gasteiger partial charge is 0.218 e. The molecule has 1 saturated heterocycles. The van der Waals surface area contributed by atoms with Gasteiger partial charge in [0.2, 0.25) is 5.91 Å². The molecule has 1 heterocycles. The highest BCUT2D eigenvalue weighted by molar-refractivity contribution is 5.73. The van der Waals surface area contributed by atoms with E-state index in [4.69, 9.17) is 5.73 Å². The quantitative estimate of drug-likeness (QED) is 0.636. The highest BCUT2D eigenvalue weighted by Crippen LogP contribution is 2.19. The maximum atomic E-state index is 10.5. The van der Waals surface area contributed by atoms with Crippen LogP contribution in [0.1, 0.15) is 26.2 Å². The van der Waals surface area contributed by atoms with E-state index in [1.165, 1.54) is 0 Å². The van der Waals surface area contributed by atoms with Crippen molar-refractivity contribution in [2.45, 2.75) is 31.8 Å². The van der Waals surface area contributed by atoms with E-state index in [1.54, 1.807) is 0 Å². The topological polar surface area (TPSA) is 66.6 Å². The summed E-state index contributed by atoms with van der Waals surface area (Å²) in [5.74, 6) is -0.273. The summed E-state index contributed by atoms with van der Waals surface area (Å²) in [5, 5.41) is 9.75. The van der Waals surface area contributed by atoms with E-state index in [-0.39, 0.29) is 5.91 Å². The number of amides is 1. The molecule has 13 heavy (non-hydrogen) atoms. The minimum Gasteiger partial charge on any atom is -0.389 e. The molecule has 0 aliphatic carbocycles. The van der Waals surface area contributed by atoms with Crippen molar-refractivity contribution in [3.63, 3.8) is 0 Å². The Balaban J connectivity index is 2.30. The van der Waals surface area contributed by atoms with Gasteiger partial charge in [-0.1, -0.05) is 0 Å².